The lowest BCUT2D eigenvalue weighted by atomic mass is 9.83. The number of piperidine rings is 2. The van der Waals surface area contributed by atoms with Gasteiger partial charge < -0.3 is 30.7 Å². The Morgan fingerprint density at radius 3 is 1.31 bits per heavy atom. The highest BCUT2D eigenvalue weighted by molar-refractivity contribution is 6.43. The molecule has 2 saturated heterocycles. The molecule has 4 N–H and O–H groups in total. The zero-order chi connectivity index (χ0) is 45.2. The summed E-state index contributed by atoms with van der Waals surface area (Å²) in [6, 6.07) is 17.7. The SMILES string of the molecule is Cc1c(N2CCC3(CC2)Oc2ncccc2[C@@H]3N)nc(C)n(-c2cccc(Cl)c2Cl)c1=O.Cc1c(N2CCC3(CC2)Oc2ncccc2[C@H]3N)nc(C)n(-c2cccc(Cl)c2Cl)c1=O. The van der Waals surface area contributed by atoms with E-state index in [9.17, 15) is 9.59 Å². The number of rotatable bonds is 4. The standard InChI is InChI=1S/2C23H23Cl2N5O2/c2*1-13-20(28-14(2)30(22(13)31)17-7-3-6-16(24)18(17)25)29-11-8-23(9-12-29)19(26)15-5-4-10-27-21(15)32-23/h2*3-7,10,19H,8-9,11-12,26H2,1-2H3/t2*19-/m10/s1. The lowest BCUT2D eigenvalue weighted by Gasteiger charge is -2.41. The van der Waals surface area contributed by atoms with Gasteiger partial charge in [0, 0.05) is 75.4 Å². The molecule has 0 saturated carbocycles. The van der Waals surface area contributed by atoms with Crippen molar-refractivity contribution < 1.29 is 9.47 Å². The first kappa shape index (κ1) is 44.0. The van der Waals surface area contributed by atoms with Crippen LogP contribution in [0.1, 0.15) is 71.7 Å². The number of fused-ring (bicyclic) bond motifs is 2. The summed E-state index contributed by atoms with van der Waals surface area (Å²) in [7, 11) is 0. The number of nitrogens with zero attached hydrogens (tertiary/aromatic N) is 8. The average Bonchev–Trinajstić information content (AvgIpc) is 3.72. The second kappa shape index (κ2) is 17.0. The zero-order valence-corrected chi connectivity index (χ0v) is 38.6. The van der Waals surface area contributed by atoms with Crippen molar-refractivity contribution in [1.29, 1.82) is 0 Å². The van der Waals surface area contributed by atoms with Gasteiger partial charge in [-0.1, -0.05) is 70.7 Å². The molecule has 2 atom stereocenters. The van der Waals surface area contributed by atoms with Gasteiger partial charge in [0.2, 0.25) is 11.8 Å². The monoisotopic (exact) mass is 942 g/mol. The Morgan fingerprint density at radius 1 is 0.578 bits per heavy atom. The molecule has 4 aliphatic rings. The molecule has 18 heteroatoms. The smallest absolute Gasteiger partial charge is 0.263 e. The molecular weight excluding hydrogens is 898 g/mol. The van der Waals surface area contributed by atoms with E-state index < -0.39 is 11.2 Å². The highest BCUT2D eigenvalue weighted by Crippen LogP contribution is 2.48. The van der Waals surface area contributed by atoms with E-state index in [2.05, 4.69) is 19.8 Å². The molecule has 2 spiro atoms. The third-order valence-corrected chi connectivity index (χ3v) is 14.7. The van der Waals surface area contributed by atoms with Crippen molar-refractivity contribution in [2.75, 3.05) is 36.0 Å². The minimum absolute atomic E-state index is 0.164. The number of aromatic nitrogens is 6. The van der Waals surface area contributed by atoms with Crippen molar-refractivity contribution in [3.05, 3.63) is 148 Å². The van der Waals surface area contributed by atoms with Gasteiger partial charge in [0.25, 0.3) is 11.1 Å². The first-order chi connectivity index (χ1) is 30.6. The molecule has 4 aliphatic heterocycles. The van der Waals surface area contributed by atoms with Gasteiger partial charge in [0.05, 0.1) is 54.7 Å². The van der Waals surface area contributed by atoms with Crippen molar-refractivity contribution in [2.24, 2.45) is 11.5 Å². The van der Waals surface area contributed by atoms with Gasteiger partial charge in [-0.05, 0) is 64.1 Å². The van der Waals surface area contributed by atoms with E-state index in [1.807, 2.05) is 24.3 Å². The molecule has 14 nitrogen and oxygen atoms in total. The summed E-state index contributed by atoms with van der Waals surface area (Å²) in [6.07, 6.45) is 6.30. The minimum atomic E-state index is -0.473. The molecular formula is C46H46Cl4N10O4. The van der Waals surface area contributed by atoms with Crippen LogP contribution in [-0.2, 0) is 0 Å². The predicted octanol–water partition coefficient (Wildman–Crippen LogP) is 7.97. The van der Waals surface area contributed by atoms with Crippen LogP contribution in [0.15, 0.2) is 82.6 Å². The molecule has 0 bridgehead atoms. The minimum Gasteiger partial charge on any atom is -0.469 e. The van der Waals surface area contributed by atoms with Gasteiger partial charge in [-0.25, -0.2) is 19.9 Å². The van der Waals surface area contributed by atoms with E-state index in [-0.39, 0.29) is 23.2 Å². The summed E-state index contributed by atoms with van der Waals surface area (Å²) in [4.78, 5) is 49.1. The molecule has 6 aromatic rings. The third kappa shape index (κ3) is 7.37. The number of hydrogen-bond donors (Lipinski definition) is 2. The quantitative estimate of drug-likeness (QED) is 0.175. The Labute approximate surface area is 389 Å². The number of benzene rings is 2. The van der Waals surface area contributed by atoms with E-state index in [0.717, 1.165) is 11.1 Å². The van der Waals surface area contributed by atoms with Crippen LogP contribution in [0.2, 0.25) is 20.1 Å². The molecule has 2 fully saturated rings. The Hall–Kier alpha value is -5.22. The molecule has 4 aromatic heterocycles. The van der Waals surface area contributed by atoms with Gasteiger partial charge in [-0.3, -0.25) is 18.7 Å². The zero-order valence-electron chi connectivity index (χ0n) is 35.6. The normalized spacial score (nSPS) is 19.2. The van der Waals surface area contributed by atoms with Gasteiger partial charge >= 0.3 is 0 Å². The maximum Gasteiger partial charge on any atom is 0.263 e. The maximum atomic E-state index is 13.3. The molecule has 0 amide bonds. The van der Waals surface area contributed by atoms with Crippen molar-refractivity contribution in [3.8, 4) is 23.1 Å². The van der Waals surface area contributed by atoms with E-state index in [1.165, 1.54) is 9.13 Å². The number of halogens is 4. The van der Waals surface area contributed by atoms with E-state index in [1.54, 1.807) is 76.5 Å². The third-order valence-electron chi connectivity index (χ3n) is 13.1. The highest BCUT2D eigenvalue weighted by atomic mass is 35.5. The number of anilines is 2. The van der Waals surface area contributed by atoms with Crippen LogP contribution >= 0.6 is 46.4 Å². The Bertz CT molecular complexity index is 2730. The van der Waals surface area contributed by atoms with Crippen molar-refractivity contribution in [3.63, 3.8) is 0 Å². The fourth-order valence-corrected chi connectivity index (χ4v) is 10.2. The summed E-state index contributed by atoms with van der Waals surface area (Å²) >= 11 is 25.1. The highest BCUT2D eigenvalue weighted by Gasteiger charge is 2.50. The van der Waals surface area contributed by atoms with Crippen molar-refractivity contribution >= 4 is 58.0 Å². The molecule has 0 aliphatic carbocycles. The lowest BCUT2D eigenvalue weighted by molar-refractivity contribution is 0.0395. The van der Waals surface area contributed by atoms with Crippen molar-refractivity contribution in [1.82, 2.24) is 29.1 Å². The van der Waals surface area contributed by atoms with Crippen LogP contribution in [0.25, 0.3) is 11.4 Å². The summed E-state index contributed by atoms with van der Waals surface area (Å²) in [5, 5.41) is 1.44. The van der Waals surface area contributed by atoms with Gasteiger partial charge in [-0.15, -0.1) is 0 Å². The molecule has 0 radical (unpaired) electrons. The molecule has 2 aromatic carbocycles. The second-order valence-corrected chi connectivity index (χ2v) is 18.3. The Morgan fingerprint density at radius 2 is 0.953 bits per heavy atom. The predicted molar refractivity (Wildman–Crippen MR) is 251 cm³/mol. The average molecular weight is 945 g/mol. The van der Waals surface area contributed by atoms with Crippen LogP contribution in [0.4, 0.5) is 11.6 Å². The first-order valence-electron chi connectivity index (χ1n) is 21.0. The molecule has 332 valence electrons. The maximum absolute atomic E-state index is 13.3. The topological polar surface area (TPSA) is 173 Å². The van der Waals surface area contributed by atoms with Crippen LogP contribution in [-0.4, -0.2) is 66.5 Å². The van der Waals surface area contributed by atoms with Gasteiger partial charge in [0.15, 0.2) is 0 Å². The van der Waals surface area contributed by atoms with E-state index in [4.69, 9.17) is 77.3 Å². The first-order valence-corrected chi connectivity index (χ1v) is 22.5. The summed E-state index contributed by atoms with van der Waals surface area (Å²) in [5.41, 5.74) is 15.9. The fraction of sp³-hybridized carbons (Fsp3) is 0.348. The number of pyridine rings is 2. The largest absolute Gasteiger partial charge is 0.469 e. The number of nitrogens with two attached hydrogens (primary N) is 2. The fourth-order valence-electron chi connectivity index (χ4n) is 9.46. The van der Waals surface area contributed by atoms with Crippen molar-refractivity contribution in [2.45, 2.75) is 76.7 Å². The number of hydrogen-bond acceptors (Lipinski definition) is 12. The number of ether oxygens (including phenoxy) is 2. The van der Waals surface area contributed by atoms with Crippen LogP contribution in [0, 0.1) is 27.7 Å². The van der Waals surface area contributed by atoms with Crippen LogP contribution in [0.5, 0.6) is 11.8 Å². The molecule has 0 unspecified atom stereocenters. The summed E-state index contributed by atoms with van der Waals surface area (Å²) < 4.78 is 15.5. The van der Waals surface area contributed by atoms with Gasteiger partial charge in [-0.2, -0.15) is 0 Å². The Kier molecular flexibility index (Phi) is 11.7. The second-order valence-electron chi connectivity index (χ2n) is 16.7. The van der Waals surface area contributed by atoms with Crippen LogP contribution in [0.3, 0.4) is 0 Å². The number of aryl methyl sites for hydroxylation is 2. The molecule has 10 rings (SSSR count). The summed E-state index contributed by atoms with van der Waals surface area (Å²) in [6.45, 7) is 9.89. The Balaban J connectivity index is 0.000000162. The van der Waals surface area contributed by atoms with E-state index in [0.29, 0.717) is 129 Å². The van der Waals surface area contributed by atoms with E-state index >= 15 is 0 Å². The molecule has 64 heavy (non-hydrogen) atoms. The van der Waals surface area contributed by atoms with Gasteiger partial charge in [0.1, 0.15) is 34.5 Å². The molecule has 8 heterocycles. The van der Waals surface area contributed by atoms with Crippen LogP contribution < -0.4 is 41.9 Å². The summed E-state index contributed by atoms with van der Waals surface area (Å²) in [5.74, 6) is 3.70. The lowest BCUT2D eigenvalue weighted by Crippen LogP contribution is -2.52.